The minimum atomic E-state index is 0.655. The molecule has 0 spiro atoms. The molecule has 0 saturated carbocycles. The molecule has 0 bridgehead atoms. The molecular formula is C20H24N6. The summed E-state index contributed by atoms with van der Waals surface area (Å²) in [5, 5.41) is 9.88. The highest BCUT2D eigenvalue weighted by atomic mass is 15.4. The summed E-state index contributed by atoms with van der Waals surface area (Å²) in [6.45, 7) is 6.78. The monoisotopic (exact) mass is 348 g/mol. The van der Waals surface area contributed by atoms with E-state index in [0.29, 0.717) is 6.54 Å². The summed E-state index contributed by atoms with van der Waals surface area (Å²) >= 11 is 0. The average Bonchev–Trinajstić information content (AvgIpc) is 3.16. The van der Waals surface area contributed by atoms with Crippen molar-refractivity contribution >= 4 is 23.7 Å². The number of nitrogens with zero attached hydrogens (tertiary/aromatic N) is 5. The van der Waals surface area contributed by atoms with Crippen molar-refractivity contribution in [2.45, 2.75) is 33.2 Å². The van der Waals surface area contributed by atoms with E-state index in [9.17, 15) is 0 Å². The first kappa shape index (κ1) is 16.6. The minimum absolute atomic E-state index is 0.655. The lowest BCUT2D eigenvalue weighted by molar-refractivity contribution is 0.381. The third kappa shape index (κ3) is 3.40. The number of fused-ring (bicyclic) bond motifs is 1. The molecule has 1 aromatic carbocycles. The Morgan fingerprint density at radius 3 is 2.77 bits per heavy atom. The Morgan fingerprint density at radius 2 is 2.00 bits per heavy atom. The van der Waals surface area contributed by atoms with Crippen molar-refractivity contribution in [3.8, 4) is 0 Å². The van der Waals surface area contributed by atoms with Gasteiger partial charge in [0.25, 0.3) is 0 Å². The second-order valence-electron chi connectivity index (χ2n) is 6.75. The van der Waals surface area contributed by atoms with Crippen molar-refractivity contribution in [1.82, 2.24) is 15.0 Å². The van der Waals surface area contributed by atoms with Gasteiger partial charge in [-0.25, -0.2) is 4.98 Å². The molecule has 26 heavy (non-hydrogen) atoms. The molecule has 0 unspecified atom stereocenters. The molecule has 0 radical (unpaired) electrons. The number of rotatable bonds is 4. The fourth-order valence-electron chi connectivity index (χ4n) is 3.36. The second-order valence-corrected chi connectivity index (χ2v) is 6.75. The van der Waals surface area contributed by atoms with Gasteiger partial charge in [-0.05, 0) is 44.4 Å². The van der Waals surface area contributed by atoms with E-state index in [1.54, 1.807) is 0 Å². The van der Waals surface area contributed by atoms with Crippen LogP contribution in [-0.4, -0.2) is 34.3 Å². The van der Waals surface area contributed by atoms with Crippen LogP contribution in [0.2, 0.25) is 0 Å². The van der Waals surface area contributed by atoms with Crippen molar-refractivity contribution in [2.75, 3.05) is 23.3 Å². The first-order valence-electron chi connectivity index (χ1n) is 9.16. The number of allylic oxidation sites excluding steroid dienone is 1. The van der Waals surface area contributed by atoms with Gasteiger partial charge in [-0.1, -0.05) is 18.2 Å². The van der Waals surface area contributed by atoms with Crippen LogP contribution in [0.15, 0.2) is 41.6 Å². The molecule has 0 atom stereocenters. The van der Waals surface area contributed by atoms with Crippen LogP contribution < -0.4 is 10.2 Å². The molecule has 2 aromatic rings. The molecule has 2 aliphatic heterocycles. The Bertz CT molecular complexity index is 851. The number of aryl methyl sites for hydroxylation is 1. The van der Waals surface area contributed by atoms with Gasteiger partial charge in [0.05, 0.1) is 24.0 Å². The van der Waals surface area contributed by atoms with E-state index >= 15 is 0 Å². The smallest absolute Gasteiger partial charge is 0.227 e. The van der Waals surface area contributed by atoms with Crippen LogP contribution in [0.5, 0.6) is 0 Å². The fourth-order valence-corrected chi connectivity index (χ4v) is 3.36. The van der Waals surface area contributed by atoms with Crippen LogP contribution in [0, 0.1) is 6.92 Å². The highest BCUT2D eigenvalue weighted by molar-refractivity contribution is 5.90. The van der Waals surface area contributed by atoms with E-state index < -0.39 is 0 Å². The lowest BCUT2D eigenvalue weighted by atomic mass is 10.1. The molecule has 134 valence electrons. The molecule has 1 fully saturated rings. The summed E-state index contributed by atoms with van der Waals surface area (Å²) in [7, 11) is 0. The first-order valence-corrected chi connectivity index (χ1v) is 9.16. The van der Waals surface area contributed by atoms with Gasteiger partial charge < -0.3 is 10.2 Å². The van der Waals surface area contributed by atoms with Crippen LogP contribution in [-0.2, 0) is 6.54 Å². The van der Waals surface area contributed by atoms with E-state index in [0.717, 1.165) is 41.8 Å². The van der Waals surface area contributed by atoms with E-state index in [1.165, 1.54) is 18.4 Å². The van der Waals surface area contributed by atoms with Gasteiger partial charge in [0.2, 0.25) is 5.95 Å². The predicted molar refractivity (Wildman–Crippen MR) is 106 cm³/mol. The van der Waals surface area contributed by atoms with Gasteiger partial charge in [0.15, 0.2) is 0 Å². The van der Waals surface area contributed by atoms with Gasteiger partial charge in [0.1, 0.15) is 5.82 Å². The maximum absolute atomic E-state index is 4.86. The largest absolute Gasteiger partial charge is 0.341 e. The normalized spacial score (nSPS) is 16.4. The third-order valence-corrected chi connectivity index (χ3v) is 4.65. The van der Waals surface area contributed by atoms with Crippen LogP contribution in [0.4, 0.5) is 17.5 Å². The number of aromatic nitrogens is 2. The third-order valence-electron chi connectivity index (χ3n) is 4.65. The molecule has 2 aliphatic rings. The Hall–Kier alpha value is -2.89. The Balaban J connectivity index is 1.73. The van der Waals surface area contributed by atoms with E-state index in [-0.39, 0.29) is 0 Å². The zero-order valence-electron chi connectivity index (χ0n) is 15.3. The zero-order chi connectivity index (χ0) is 17.9. The lowest BCUT2D eigenvalue weighted by Crippen LogP contribution is -2.25. The van der Waals surface area contributed by atoms with Crippen LogP contribution in [0.25, 0.3) is 0 Å². The molecule has 1 aromatic heterocycles. The number of benzene rings is 1. The second kappa shape index (κ2) is 7.15. The number of hydrogen-bond donors (Lipinski definition) is 1. The van der Waals surface area contributed by atoms with Gasteiger partial charge in [0, 0.05) is 25.0 Å². The SMILES string of the molecule is CC=CN1Cc2nc(N3CCCC3)nc(Nc3cccc(C)c3)c2C=N1. The van der Waals surface area contributed by atoms with E-state index in [2.05, 4.69) is 46.5 Å². The standard InChI is InChI=1S/C20H24N6/c1-3-9-26-14-18-17(13-21-26)19(22-16-8-6-7-15(2)12-16)24-20(23-18)25-10-4-5-11-25/h3,6-9,12-13H,4-5,10-11,14H2,1-2H3,(H,22,23,24). The van der Waals surface area contributed by atoms with E-state index in [1.807, 2.05) is 30.4 Å². The highest BCUT2D eigenvalue weighted by Gasteiger charge is 2.22. The van der Waals surface area contributed by atoms with E-state index in [4.69, 9.17) is 9.97 Å². The predicted octanol–water partition coefficient (Wildman–Crippen LogP) is 3.81. The Morgan fingerprint density at radius 1 is 1.15 bits per heavy atom. The number of hydrogen-bond acceptors (Lipinski definition) is 6. The van der Waals surface area contributed by atoms with Crippen LogP contribution in [0.3, 0.4) is 0 Å². The quantitative estimate of drug-likeness (QED) is 0.910. The summed E-state index contributed by atoms with van der Waals surface area (Å²) in [5.41, 5.74) is 4.22. The summed E-state index contributed by atoms with van der Waals surface area (Å²) < 4.78 is 0. The Kier molecular flexibility index (Phi) is 4.56. The number of anilines is 3. The molecular weight excluding hydrogens is 324 g/mol. The van der Waals surface area contributed by atoms with Crippen LogP contribution >= 0.6 is 0 Å². The maximum atomic E-state index is 4.86. The summed E-state index contributed by atoms with van der Waals surface area (Å²) in [6.07, 6.45) is 8.20. The van der Waals surface area contributed by atoms with Gasteiger partial charge in [-0.2, -0.15) is 10.1 Å². The van der Waals surface area contributed by atoms with Crippen molar-refractivity contribution in [3.05, 3.63) is 53.4 Å². The summed E-state index contributed by atoms with van der Waals surface area (Å²) in [5.74, 6) is 1.64. The molecule has 0 amide bonds. The topological polar surface area (TPSA) is 56.7 Å². The van der Waals surface area contributed by atoms with Crippen molar-refractivity contribution in [3.63, 3.8) is 0 Å². The molecule has 6 heteroatoms. The number of hydrazone groups is 1. The van der Waals surface area contributed by atoms with Gasteiger partial charge in [-0.3, -0.25) is 5.01 Å². The summed E-state index contributed by atoms with van der Waals surface area (Å²) in [6, 6.07) is 8.32. The summed E-state index contributed by atoms with van der Waals surface area (Å²) in [4.78, 5) is 12.0. The van der Waals surface area contributed by atoms with Crippen molar-refractivity contribution in [1.29, 1.82) is 0 Å². The molecule has 3 heterocycles. The molecule has 4 rings (SSSR count). The Labute approximate surface area is 154 Å². The molecule has 0 aliphatic carbocycles. The maximum Gasteiger partial charge on any atom is 0.227 e. The average molecular weight is 348 g/mol. The fraction of sp³-hybridized carbons (Fsp3) is 0.350. The zero-order valence-corrected chi connectivity index (χ0v) is 15.3. The van der Waals surface area contributed by atoms with Gasteiger partial charge >= 0.3 is 0 Å². The lowest BCUT2D eigenvalue weighted by Gasteiger charge is -2.24. The van der Waals surface area contributed by atoms with Gasteiger partial charge in [-0.15, -0.1) is 0 Å². The first-order chi connectivity index (χ1) is 12.7. The van der Waals surface area contributed by atoms with Crippen molar-refractivity contribution < 1.29 is 0 Å². The van der Waals surface area contributed by atoms with Crippen molar-refractivity contribution in [2.24, 2.45) is 5.10 Å². The minimum Gasteiger partial charge on any atom is -0.341 e. The molecule has 1 saturated heterocycles. The molecule has 1 N–H and O–H groups in total. The highest BCUT2D eigenvalue weighted by Crippen LogP contribution is 2.28. The number of nitrogens with one attached hydrogen (secondary N) is 1. The molecule has 6 nitrogen and oxygen atoms in total. The van der Waals surface area contributed by atoms with Crippen LogP contribution in [0.1, 0.15) is 36.6 Å².